The molecule has 0 aliphatic carbocycles. The Kier molecular flexibility index (Phi) is 5.17. The van der Waals surface area contributed by atoms with Gasteiger partial charge in [-0.25, -0.2) is 17.2 Å². The summed E-state index contributed by atoms with van der Waals surface area (Å²) in [6.45, 7) is 0. The molecule has 1 aromatic heterocycles. The fourth-order valence-corrected chi connectivity index (χ4v) is 5.02. The van der Waals surface area contributed by atoms with Gasteiger partial charge in [0.05, 0.1) is 27.4 Å². The number of aromatic nitrogens is 1. The van der Waals surface area contributed by atoms with Gasteiger partial charge in [0.1, 0.15) is 17.4 Å². The van der Waals surface area contributed by atoms with Crippen molar-refractivity contribution in [1.29, 1.82) is 0 Å². The summed E-state index contributed by atoms with van der Waals surface area (Å²) in [4.78, 5) is 3.90. The highest BCUT2D eigenvalue weighted by Gasteiger charge is 2.26. The van der Waals surface area contributed by atoms with E-state index in [1.807, 2.05) is 0 Å². The molecule has 0 amide bonds. The lowest BCUT2D eigenvalue weighted by atomic mass is 10.0. The molecule has 4 rings (SSSR count). The van der Waals surface area contributed by atoms with Crippen molar-refractivity contribution in [3.8, 4) is 16.9 Å². The average Bonchev–Trinajstić information content (AvgIpc) is 2.72. The lowest BCUT2D eigenvalue weighted by Gasteiger charge is -2.14. The number of hydrogen-bond donors (Lipinski definition) is 0. The van der Waals surface area contributed by atoms with Crippen LogP contribution in [0, 0.1) is 11.6 Å². The predicted octanol–water partition coefficient (Wildman–Crippen LogP) is 5.67. The molecule has 0 atom stereocenters. The van der Waals surface area contributed by atoms with Crippen molar-refractivity contribution < 1.29 is 21.9 Å². The molecule has 8 heteroatoms. The summed E-state index contributed by atoms with van der Waals surface area (Å²) >= 11 is 6.11. The van der Waals surface area contributed by atoms with Gasteiger partial charge in [-0.05, 0) is 54.1 Å². The van der Waals surface area contributed by atoms with Crippen molar-refractivity contribution >= 4 is 32.3 Å². The fourth-order valence-electron chi connectivity index (χ4n) is 3.23. The zero-order valence-corrected chi connectivity index (χ0v) is 17.1. The minimum Gasteiger partial charge on any atom is -0.495 e. The average molecular weight is 446 g/mol. The van der Waals surface area contributed by atoms with Gasteiger partial charge in [-0.2, -0.15) is 0 Å². The SMILES string of the molecule is COc1ccc(S(=O)(=O)c2cnc3ccc(F)cc3c2-c2cccc(F)c2)cc1Cl. The zero-order valence-electron chi connectivity index (χ0n) is 15.6. The first-order valence-electron chi connectivity index (χ1n) is 8.74. The first-order valence-corrected chi connectivity index (χ1v) is 10.6. The Morgan fingerprint density at radius 1 is 0.967 bits per heavy atom. The van der Waals surface area contributed by atoms with E-state index in [9.17, 15) is 17.2 Å². The lowest BCUT2D eigenvalue weighted by molar-refractivity contribution is 0.414. The van der Waals surface area contributed by atoms with Gasteiger partial charge in [-0.15, -0.1) is 0 Å². The number of pyridine rings is 1. The second-order valence-electron chi connectivity index (χ2n) is 6.47. The molecule has 0 saturated carbocycles. The van der Waals surface area contributed by atoms with Crippen LogP contribution in [0.25, 0.3) is 22.0 Å². The second-order valence-corrected chi connectivity index (χ2v) is 8.79. The molecule has 0 aliphatic heterocycles. The van der Waals surface area contributed by atoms with Crippen molar-refractivity contribution in [3.63, 3.8) is 0 Å². The number of ether oxygens (including phenoxy) is 1. The maximum atomic E-state index is 14.0. The molecule has 0 spiro atoms. The molecule has 3 aromatic carbocycles. The largest absolute Gasteiger partial charge is 0.495 e. The number of methoxy groups -OCH3 is 1. The van der Waals surface area contributed by atoms with E-state index in [-0.39, 0.29) is 31.3 Å². The van der Waals surface area contributed by atoms with Gasteiger partial charge >= 0.3 is 0 Å². The van der Waals surface area contributed by atoms with Crippen molar-refractivity contribution in [2.45, 2.75) is 9.79 Å². The Labute approximate surface area is 176 Å². The molecular formula is C22H14ClF2NO3S. The van der Waals surface area contributed by atoms with E-state index >= 15 is 0 Å². The summed E-state index contributed by atoms with van der Waals surface area (Å²) in [5.74, 6) is -0.798. The van der Waals surface area contributed by atoms with Crippen LogP contribution in [0.1, 0.15) is 0 Å². The molecule has 30 heavy (non-hydrogen) atoms. The van der Waals surface area contributed by atoms with Gasteiger partial charge in [-0.1, -0.05) is 23.7 Å². The monoisotopic (exact) mass is 445 g/mol. The van der Waals surface area contributed by atoms with Crippen LogP contribution in [0.5, 0.6) is 5.75 Å². The van der Waals surface area contributed by atoms with E-state index in [0.717, 1.165) is 0 Å². The molecule has 4 nitrogen and oxygen atoms in total. The third-order valence-corrected chi connectivity index (χ3v) is 6.69. The summed E-state index contributed by atoms with van der Waals surface area (Å²) in [6.07, 6.45) is 1.19. The summed E-state index contributed by atoms with van der Waals surface area (Å²) < 4.78 is 60.0. The van der Waals surface area contributed by atoms with Gasteiger partial charge in [0, 0.05) is 17.1 Å². The van der Waals surface area contributed by atoms with E-state index in [4.69, 9.17) is 16.3 Å². The van der Waals surface area contributed by atoms with Gasteiger partial charge in [0.2, 0.25) is 9.84 Å². The molecule has 1 heterocycles. The molecule has 0 unspecified atom stereocenters. The number of nitrogens with zero attached hydrogens (tertiary/aromatic N) is 1. The Hall–Kier alpha value is -3.03. The fraction of sp³-hybridized carbons (Fsp3) is 0.0455. The Bertz CT molecular complexity index is 1390. The van der Waals surface area contributed by atoms with E-state index in [0.29, 0.717) is 11.3 Å². The Morgan fingerprint density at radius 3 is 2.43 bits per heavy atom. The molecule has 0 fully saturated rings. The van der Waals surface area contributed by atoms with Crippen LogP contribution in [-0.2, 0) is 9.84 Å². The second kappa shape index (κ2) is 7.66. The number of benzene rings is 3. The topological polar surface area (TPSA) is 56.3 Å². The van der Waals surface area contributed by atoms with Crippen LogP contribution in [0.3, 0.4) is 0 Å². The summed E-state index contributed by atoms with van der Waals surface area (Å²) in [5, 5.41) is 0.368. The van der Waals surface area contributed by atoms with Gasteiger partial charge in [0.25, 0.3) is 0 Å². The molecule has 0 bridgehead atoms. The van der Waals surface area contributed by atoms with Crippen molar-refractivity contribution in [2.24, 2.45) is 0 Å². The molecule has 0 saturated heterocycles. The zero-order chi connectivity index (χ0) is 21.5. The van der Waals surface area contributed by atoms with Crippen molar-refractivity contribution in [1.82, 2.24) is 4.98 Å². The normalized spacial score (nSPS) is 11.6. The molecule has 0 aliphatic rings. The van der Waals surface area contributed by atoms with Crippen LogP contribution in [-0.4, -0.2) is 20.5 Å². The Balaban J connectivity index is 2.06. The first kappa shape index (κ1) is 20.3. The van der Waals surface area contributed by atoms with E-state index in [2.05, 4.69) is 4.98 Å². The predicted molar refractivity (Wildman–Crippen MR) is 111 cm³/mol. The van der Waals surface area contributed by atoms with Crippen LogP contribution in [0.15, 0.2) is 76.7 Å². The highest BCUT2D eigenvalue weighted by atomic mass is 35.5. The summed E-state index contributed by atoms with van der Waals surface area (Å²) in [5.41, 5.74) is 0.819. The van der Waals surface area contributed by atoms with E-state index < -0.39 is 21.5 Å². The van der Waals surface area contributed by atoms with Crippen LogP contribution < -0.4 is 4.74 Å². The van der Waals surface area contributed by atoms with Gasteiger partial charge in [0.15, 0.2) is 0 Å². The van der Waals surface area contributed by atoms with Gasteiger partial charge in [-0.3, -0.25) is 4.98 Å². The molecule has 152 valence electrons. The molecule has 0 radical (unpaired) electrons. The number of rotatable bonds is 4. The quantitative estimate of drug-likeness (QED) is 0.406. The minimum absolute atomic E-state index is 0.0940. The highest BCUT2D eigenvalue weighted by Crippen LogP contribution is 2.38. The first-order chi connectivity index (χ1) is 14.3. The maximum Gasteiger partial charge on any atom is 0.208 e. The van der Waals surface area contributed by atoms with Crippen LogP contribution in [0.4, 0.5) is 8.78 Å². The molecular weight excluding hydrogens is 432 g/mol. The summed E-state index contributed by atoms with van der Waals surface area (Å²) in [6, 6.07) is 13.3. The highest BCUT2D eigenvalue weighted by molar-refractivity contribution is 7.91. The van der Waals surface area contributed by atoms with E-state index in [1.165, 1.54) is 67.9 Å². The van der Waals surface area contributed by atoms with Crippen LogP contribution >= 0.6 is 11.6 Å². The lowest BCUT2D eigenvalue weighted by Crippen LogP contribution is -2.06. The van der Waals surface area contributed by atoms with Gasteiger partial charge < -0.3 is 4.74 Å². The van der Waals surface area contributed by atoms with Crippen molar-refractivity contribution in [2.75, 3.05) is 7.11 Å². The number of fused-ring (bicyclic) bond motifs is 1. The number of sulfone groups is 1. The third-order valence-electron chi connectivity index (χ3n) is 4.63. The number of hydrogen-bond acceptors (Lipinski definition) is 4. The molecule has 0 N–H and O–H groups in total. The van der Waals surface area contributed by atoms with E-state index in [1.54, 1.807) is 6.07 Å². The number of halogens is 3. The van der Waals surface area contributed by atoms with Crippen molar-refractivity contribution in [3.05, 3.63) is 83.5 Å². The molecule has 4 aromatic rings. The maximum absolute atomic E-state index is 14.0. The minimum atomic E-state index is -4.13. The Morgan fingerprint density at radius 2 is 1.73 bits per heavy atom. The van der Waals surface area contributed by atoms with Crippen LogP contribution in [0.2, 0.25) is 5.02 Å². The third kappa shape index (κ3) is 3.51. The standard InChI is InChI=1S/C22H14ClF2NO3S/c1-29-20-8-6-16(11-18(20)23)30(27,28)21-12-26-19-7-5-15(25)10-17(19)22(21)13-3-2-4-14(24)9-13/h2-12H,1H3. The smallest absolute Gasteiger partial charge is 0.208 e. The summed E-state index contributed by atoms with van der Waals surface area (Å²) in [7, 11) is -2.71.